The van der Waals surface area contributed by atoms with Crippen LogP contribution in [0.2, 0.25) is 10.2 Å². The maximum absolute atomic E-state index is 12.2. The van der Waals surface area contributed by atoms with Gasteiger partial charge < -0.3 is 10.2 Å². The van der Waals surface area contributed by atoms with E-state index in [0.717, 1.165) is 0 Å². The Morgan fingerprint density at radius 1 is 1.41 bits per heavy atom. The zero-order chi connectivity index (χ0) is 16.3. The first kappa shape index (κ1) is 17.2. The number of carbonyl (C=O) groups excluding carboxylic acids is 2. The van der Waals surface area contributed by atoms with Crippen molar-refractivity contribution in [1.29, 1.82) is 0 Å². The van der Waals surface area contributed by atoms with Crippen molar-refractivity contribution in [3.05, 3.63) is 36.9 Å². The van der Waals surface area contributed by atoms with Gasteiger partial charge in [-0.1, -0.05) is 23.2 Å². The highest BCUT2D eigenvalue weighted by molar-refractivity contribution is 7.12. The number of nitrogens with zero attached hydrogens (tertiary/aromatic N) is 2. The second kappa shape index (κ2) is 7.41. The first-order chi connectivity index (χ1) is 10.4. The standard InChI is InChI=1S/C13H13Cl2N3O2S2/c1-7(17-12(19)10-11(15)16-6-22-10)4-18(2)13(20)9-3-8(14)5-21-9/h3,5-7H,4H2,1-2H3,(H,17,19). The second-order valence-corrected chi connectivity index (χ2v) is 7.22. The van der Waals surface area contributed by atoms with E-state index < -0.39 is 0 Å². The highest BCUT2D eigenvalue weighted by atomic mass is 35.5. The number of hydrogen-bond donors (Lipinski definition) is 1. The number of carbonyl (C=O) groups is 2. The van der Waals surface area contributed by atoms with Gasteiger partial charge in [0.1, 0.15) is 4.88 Å². The van der Waals surface area contributed by atoms with E-state index in [1.54, 1.807) is 23.4 Å². The number of nitrogens with one attached hydrogen (secondary N) is 1. The molecule has 0 bridgehead atoms. The van der Waals surface area contributed by atoms with E-state index in [9.17, 15) is 9.59 Å². The van der Waals surface area contributed by atoms with Crippen LogP contribution >= 0.6 is 45.9 Å². The fraction of sp³-hybridized carbons (Fsp3) is 0.308. The van der Waals surface area contributed by atoms with Crippen molar-refractivity contribution in [3.63, 3.8) is 0 Å². The van der Waals surface area contributed by atoms with E-state index in [0.29, 0.717) is 21.3 Å². The minimum absolute atomic E-state index is 0.131. The molecule has 9 heteroatoms. The molecule has 1 N–H and O–H groups in total. The lowest BCUT2D eigenvalue weighted by atomic mass is 10.3. The number of amides is 2. The number of thiazole rings is 1. The third-order valence-corrected chi connectivity index (χ3v) is 5.27. The molecule has 2 heterocycles. The van der Waals surface area contributed by atoms with Crippen LogP contribution in [-0.4, -0.2) is 41.3 Å². The molecule has 0 aliphatic carbocycles. The lowest BCUT2D eigenvalue weighted by Gasteiger charge is -2.21. The molecule has 2 aromatic heterocycles. The zero-order valence-corrected chi connectivity index (χ0v) is 14.9. The van der Waals surface area contributed by atoms with Gasteiger partial charge in [-0.3, -0.25) is 9.59 Å². The SMILES string of the molecule is CC(CN(C)C(=O)c1cc(Cl)cs1)NC(=O)c1scnc1Cl. The summed E-state index contributed by atoms with van der Waals surface area (Å²) in [5.74, 6) is -0.422. The minimum Gasteiger partial charge on any atom is -0.347 e. The Bertz CT molecular complexity index is 686. The first-order valence-corrected chi connectivity index (χ1v) is 8.79. The van der Waals surface area contributed by atoms with Crippen molar-refractivity contribution in [1.82, 2.24) is 15.2 Å². The zero-order valence-electron chi connectivity index (χ0n) is 11.8. The number of likely N-dealkylation sites (N-methyl/N-ethyl adjacent to an activating group) is 1. The predicted molar refractivity (Wildman–Crippen MR) is 90.3 cm³/mol. The molecule has 0 fully saturated rings. The molecular weight excluding hydrogens is 365 g/mol. The maximum Gasteiger partial charge on any atom is 0.264 e. The first-order valence-electron chi connectivity index (χ1n) is 6.28. The highest BCUT2D eigenvalue weighted by Crippen LogP contribution is 2.21. The van der Waals surface area contributed by atoms with Crippen LogP contribution in [-0.2, 0) is 0 Å². The summed E-state index contributed by atoms with van der Waals surface area (Å²) in [6.07, 6.45) is 0. The summed E-state index contributed by atoms with van der Waals surface area (Å²) in [7, 11) is 1.68. The predicted octanol–water partition coefficient (Wildman–Crippen LogP) is 3.40. The molecule has 0 saturated heterocycles. The average Bonchev–Trinajstić information content (AvgIpc) is 3.06. The van der Waals surface area contributed by atoms with Gasteiger partial charge in [0.25, 0.3) is 11.8 Å². The summed E-state index contributed by atoms with van der Waals surface area (Å²) in [6, 6.07) is 1.40. The van der Waals surface area contributed by atoms with Crippen molar-refractivity contribution in [2.75, 3.05) is 13.6 Å². The van der Waals surface area contributed by atoms with Gasteiger partial charge in [0.05, 0.1) is 15.4 Å². The Balaban J connectivity index is 1.91. The molecule has 0 saturated carbocycles. The van der Waals surface area contributed by atoms with Gasteiger partial charge >= 0.3 is 0 Å². The fourth-order valence-corrected chi connectivity index (χ4v) is 3.79. The Hall–Kier alpha value is -1.15. The highest BCUT2D eigenvalue weighted by Gasteiger charge is 2.19. The van der Waals surface area contributed by atoms with Gasteiger partial charge in [-0.15, -0.1) is 22.7 Å². The Morgan fingerprint density at radius 3 is 2.68 bits per heavy atom. The van der Waals surface area contributed by atoms with Crippen molar-refractivity contribution in [2.24, 2.45) is 0 Å². The summed E-state index contributed by atoms with van der Waals surface area (Å²) in [5.41, 5.74) is 1.51. The summed E-state index contributed by atoms with van der Waals surface area (Å²) >= 11 is 14.1. The van der Waals surface area contributed by atoms with E-state index in [-0.39, 0.29) is 23.0 Å². The maximum atomic E-state index is 12.2. The van der Waals surface area contributed by atoms with Crippen LogP contribution < -0.4 is 5.32 Å². The van der Waals surface area contributed by atoms with Gasteiger partial charge in [0.2, 0.25) is 0 Å². The number of halogens is 2. The number of rotatable bonds is 5. The topological polar surface area (TPSA) is 62.3 Å². The summed E-state index contributed by atoms with van der Waals surface area (Å²) in [6.45, 7) is 2.19. The summed E-state index contributed by atoms with van der Waals surface area (Å²) in [5, 5.41) is 5.24. The van der Waals surface area contributed by atoms with Crippen LogP contribution in [0.1, 0.15) is 26.3 Å². The summed E-state index contributed by atoms with van der Waals surface area (Å²) < 4.78 is 0. The lowest BCUT2D eigenvalue weighted by Crippen LogP contribution is -2.42. The van der Waals surface area contributed by atoms with E-state index >= 15 is 0 Å². The van der Waals surface area contributed by atoms with Crippen molar-refractivity contribution in [3.8, 4) is 0 Å². The summed E-state index contributed by atoms with van der Waals surface area (Å²) in [4.78, 5) is 30.5. The third-order valence-electron chi connectivity index (χ3n) is 2.78. The molecular formula is C13H13Cl2N3O2S2. The van der Waals surface area contributed by atoms with Gasteiger partial charge in [-0.05, 0) is 13.0 Å². The molecule has 2 amide bonds. The third kappa shape index (κ3) is 4.19. The van der Waals surface area contributed by atoms with Gasteiger partial charge in [-0.2, -0.15) is 0 Å². The molecule has 1 unspecified atom stereocenters. The molecule has 118 valence electrons. The van der Waals surface area contributed by atoms with Gasteiger partial charge in [0.15, 0.2) is 5.15 Å². The molecule has 0 aliphatic heterocycles. The normalized spacial score (nSPS) is 12.0. The Kier molecular flexibility index (Phi) is 5.80. The van der Waals surface area contributed by atoms with Gasteiger partial charge in [-0.25, -0.2) is 4.98 Å². The Labute approximate surface area is 145 Å². The van der Waals surface area contributed by atoms with E-state index in [1.807, 2.05) is 6.92 Å². The quantitative estimate of drug-likeness (QED) is 0.868. The molecule has 0 aromatic carbocycles. The smallest absolute Gasteiger partial charge is 0.264 e. The Morgan fingerprint density at radius 2 is 2.14 bits per heavy atom. The molecule has 0 aliphatic rings. The van der Waals surface area contributed by atoms with Crippen LogP contribution in [0.3, 0.4) is 0 Å². The van der Waals surface area contributed by atoms with Crippen LogP contribution in [0, 0.1) is 0 Å². The average molecular weight is 378 g/mol. The number of aromatic nitrogens is 1. The van der Waals surface area contributed by atoms with Crippen LogP contribution in [0.5, 0.6) is 0 Å². The van der Waals surface area contributed by atoms with Crippen LogP contribution in [0.15, 0.2) is 17.0 Å². The molecule has 1 atom stereocenters. The monoisotopic (exact) mass is 377 g/mol. The molecule has 0 radical (unpaired) electrons. The number of hydrogen-bond acceptors (Lipinski definition) is 5. The lowest BCUT2D eigenvalue weighted by molar-refractivity contribution is 0.0773. The fourth-order valence-electron chi connectivity index (χ4n) is 1.82. The molecule has 2 rings (SSSR count). The molecule has 22 heavy (non-hydrogen) atoms. The molecule has 0 spiro atoms. The molecule has 5 nitrogen and oxygen atoms in total. The largest absolute Gasteiger partial charge is 0.347 e. The van der Waals surface area contributed by atoms with Crippen molar-refractivity contribution < 1.29 is 9.59 Å². The van der Waals surface area contributed by atoms with Crippen molar-refractivity contribution >= 4 is 57.7 Å². The molecule has 2 aromatic rings. The van der Waals surface area contributed by atoms with E-state index in [1.165, 1.54) is 28.2 Å². The second-order valence-electron chi connectivity index (χ2n) is 4.66. The van der Waals surface area contributed by atoms with Crippen molar-refractivity contribution in [2.45, 2.75) is 13.0 Å². The van der Waals surface area contributed by atoms with E-state index in [4.69, 9.17) is 23.2 Å². The van der Waals surface area contributed by atoms with Crippen LogP contribution in [0.25, 0.3) is 0 Å². The van der Waals surface area contributed by atoms with E-state index in [2.05, 4.69) is 10.3 Å². The van der Waals surface area contributed by atoms with Crippen LogP contribution in [0.4, 0.5) is 0 Å². The van der Waals surface area contributed by atoms with Gasteiger partial charge in [0, 0.05) is 25.0 Å². The number of thiophene rings is 1. The minimum atomic E-state index is -0.292.